The number of thioether (sulfide) groups is 1. The van der Waals surface area contributed by atoms with E-state index in [-0.39, 0.29) is 6.61 Å². The van der Waals surface area contributed by atoms with Gasteiger partial charge in [-0.05, 0) is 30.2 Å². The van der Waals surface area contributed by atoms with E-state index in [0.717, 1.165) is 12.2 Å². The number of nitrogens with zero attached hydrogens (tertiary/aromatic N) is 1. The van der Waals surface area contributed by atoms with Crippen molar-refractivity contribution >= 4 is 11.8 Å². The second kappa shape index (κ2) is 5.63. The summed E-state index contributed by atoms with van der Waals surface area (Å²) in [6, 6.07) is 12.1. The number of pyridine rings is 1. The smallest absolute Gasteiger partial charge is 0.137 e. The second-order valence-corrected chi connectivity index (χ2v) is 5.85. The number of hydrogen-bond acceptors (Lipinski definition) is 4. The highest BCUT2D eigenvalue weighted by Gasteiger charge is 2.22. The van der Waals surface area contributed by atoms with Gasteiger partial charge in [-0.2, -0.15) is 0 Å². The molecule has 1 atom stereocenters. The average Bonchev–Trinajstić information content (AvgIpc) is 2.88. The maximum Gasteiger partial charge on any atom is 0.137 e. The van der Waals surface area contributed by atoms with E-state index in [1.807, 2.05) is 17.8 Å². The van der Waals surface area contributed by atoms with Crippen LogP contribution in [0.5, 0.6) is 5.75 Å². The van der Waals surface area contributed by atoms with Gasteiger partial charge in [0, 0.05) is 10.1 Å². The van der Waals surface area contributed by atoms with Crippen molar-refractivity contribution in [1.29, 1.82) is 0 Å². The standard InChI is InChI=1S/C15H15NO2S/c17-9-12-5-6-13(8-16-12)18-10-14-7-11-3-1-2-4-15(11)19-14/h1-6,8,14,17H,7,9-10H2. The Morgan fingerprint density at radius 2 is 2.16 bits per heavy atom. The van der Waals surface area contributed by atoms with Gasteiger partial charge in [-0.1, -0.05) is 18.2 Å². The van der Waals surface area contributed by atoms with Crippen LogP contribution in [0.4, 0.5) is 0 Å². The molecule has 4 heteroatoms. The number of hydrogen-bond donors (Lipinski definition) is 1. The fourth-order valence-electron chi connectivity index (χ4n) is 2.13. The first kappa shape index (κ1) is 12.5. The van der Waals surface area contributed by atoms with Gasteiger partial charge in [-0.25, -0.2) is 0 Å². The Kier molecular flexibility index (Phi) is 3.71. The Morgan fingerprint density at radius 1 is 1.26 bits per heavy atom. The van der Waals surface area contributed by atoms with E-state index in [1.54, 1.807) is 12.3 Å². The molecule has 19 heavy (non-hydrogen) atoms. The van der Waals surface area contributed by atoms with Crippen molar-refractivity contribution in [3.63, 3.8) is 0 Å². The highest BCUT2D eigenvalue weighted by atomic mass is 32.2. The van der Waals surface area contributed by atoms with Gasteiger partial charge in [0.05, 0.1) is 18.5 Å². The van der Waals surface area contributed by atoms with Gasteiger partial charge >= 0.3 is 0 Å². The molecule has 98 valence electrons. The number of aliphatic hydroxyl groups is 1. The largest absolute Gasteiger partial charge is 0.491 e. The third kappa shape index (κ3) is 2.91. The fraction of sp³-hybridized carbons (Fsp3) is 0.267. The van der Waals surface area contributed by atoms with E-state index < -0.39 is 0 Å². The number of benzene rings is 1. The molecule has 0 amide bonds. The van der Waals surface area contributed by atoms with Gasteiger partial charge in [0.1, 0.15) is 12.4 Å². The van der Waals surface area contributed by atoms with Crippen molar-refractivity contribution < 1.29 is 9.84 Å². The van der Waals surface area contributed by atoms with Crippen molar-refractivity contribution in [2.45, 2.75) is 23.2 Å². The number of rotatable bonds is 4. The van der Waals surface area contributed by atoms with Crippen molar-refractivity contribution in [1.82, 2.24) is 4.98 Å². The molecular formula is C15H15NO2S. The van der Waals surface area contributed by atoms with Gasteiger partial charge in [0.15, 0.2) is 0 Å². The number of aromatic nitrogens is 1. The van der Waals surface area contributed by atoms with Crippen molar-refractivity contribution in [3.8, 4) is 5.75 Å². The predicted octanol–water partition coefficient (Wildman–Crippen LogP) is 2.67. The predicted molar refractivity (Wildman–Crippen MR) is 75.4 cm³/mol. The van der Waals surface area contributed by atoms with Gasteiger partial charge in [0.2, 0.25) is 0 Å². The van der Waals surface area contributed by atoms with E-state index in [0.29, 0.717) is 17.6 Å². The lowest BCUT2D eigenvalue weighted by atomic mass is 10.1. The van der Waals surface area contributed by atoms with Crippen LogP contribution >= 0.6 is 11.8 Å². The molecule has 3 rings (SSSR count). The third-order valence-corrected chi connectivity index (χ3v) is 4.40. The van der Waals surface area contributed by atoms with Crippen LogP contribution < -0.4 is 4.74 Å². The molecule has 0 aliphatic carbocycles. The molecule has 0 radical (unpaired) electrons. The highest BCUT2D eigenvalue weighted by Crippen LogP contribution is 2.36. The second-order valence-electron chi connectivity index (χ2n) is 4.51. The zero-order chi connectivity index (χ0) is 13.1. The van der Waals surface area contributed by atoms with Crippen LogP contribution in [0.15, 0.2) is 47.5 Å². The molecule has 0 fully saturated rings. The zero-order valence-corrected chi connectivity index (χ0v) is 11.3. The topological polar surface area (TPSA) is 42.4 Å². The molecule has 0 spiro atoms. The van der Waals surface area contributed by atoms with E-state index >= 15 is 0 Å². The third-order valence-electron chi connectivity index (χ3n) is 3.11. The van der Waals surface area contributed by atoms with Gasteiger partial charge in [-0.15, -0.1) is 11.8 Å². The summed E-state index contributed by atoms with van der Waals surface area (Å²) in [5, 5.41) is 9.39. The minimum Gasteiger partial charge on any atom is -0.491 e. The van der Waals surface area contributed by atoms with Crippen molar-refractivity contribution in [3.05, 3.63) is 53.9 Å². The Bertz CT molecular complexity index is 531. The molecule has 1 aliphatic rings. The van der Waals surface area contributed by atoms with Crippen LogP contribution in [0.3, 0.4) is 0 Å². The maximum atomic E-state index is 8.92. The summed E-state index contributed by atoms with van der Waals surface area (Å²) in [6.07, 6.45) is 2.72. The lowest BCUT2D eigenvalue weighted by molar-refractivity contribution is 0.275. The summed E-state index contributed by atoms with van der Waals surface area (Å²) in [6.45, 7) is 0.646. The molecule has 0 saturated carbocycles. The molecule has 1 aromatic heterocycles. The Labute approximate surface area is 116 Å². The Balaban J connectivity index is 1.56. The number of ether oxygens (including phenoxy) is 1. The molecule has 1 unspecified atom stereocenters. The van der Waals surface area contributed by atoms with Gasteiger partial charge in [0.25, 0.3) is 0 Å². The van der Waals surface area contributed by atoms with Crippen molar-refractivity contribution in [2.75, 3.05) is 6.61 Å². The molecule has 0 saturated heterocycles. The van der Waals surface area contributed by atoms with Crippen LogP contribution in [0, 0.1) is 0 Å². The Hall–Kier alpha value is -1.52. The summed E-state index contributed by atoms with van der Waals surface area (Å²) >= 11 is 1.88. The van der Waals surface area contributed by atoms with Crippen molar-refractivity contribution in [2.24, 2.45) is 0 Å². The first-order chi connectivity index (χ1) is 9.35. The summed E-state index contributed by atoms with van der Waals surface area (Å²) in [7, 11) is 0. The molecular weight excluding hydrogens is 258 g/mol. The minimum absolute atomic E-state index is 0.0337. The molecule has 2 aromatic rings. The monoisotopic (exact) mass is 273 g/mol. The van der Waals surface area contributed by atoms with E-state index in [2.05, 4.69) is 29.2 Å². The molecule has 3 nitrogen and oxygen atoms in total. The van der Waals surface area contributed by atoms with Crippen LogP contribution in [0.2, 0.25) is 0 Å². The quantitative estimate of drug-likeness (QED) is 0.930. The number of fused-ring (bicyclic) bond motifs is 1. The summed E-state index contributed by atoms with van der Waals surface area (Å²) in [4.78, 5) is 5.47. The lowest BCUT2D eigenvalue weighted by Crippen LogP contribution is -2.13. The molecule has 0 bridgehead atoms. The molecule has 1 aliphatic heterocycles. The molecule has 1 aromatic carbocycles. The average molecular weight is 273 g/mol. The Morgan fingerprint density at radius 3 is 2.89 bits per heavy atom. The molecule has 2 heterocycles. The normalized spacial score (nSPS) is 17.2. The lowest BCUT2D eigenvalue weighted by Gasteiger charge is -2.10. The van der Waals surface area contributed by atoms with Crippen LogP contribution in [-0.4, -0.2) is 21.9 Å². The SMILES string of the molecule is OCc1ccc(OCC2Cc3ccccc3S2)cn1. The summed E-state index contributed by atoms with van der Waals surface area (Å²) < 4.78 is 5.76. The van der Waals surface area contributed by atoms with Gasteiger partial charge < -0.3 is 9.84 Å². The highest BCUT2D eigenvalue weighted by molar-refractivity contribution is 8.00. The van der Waals surface area contributed by atoms with Crippen LogP contribution in [0.25, 0.3) is 0 Å². The minimum atomic E-state index is -0.0337. The fourth-order valence-corrected chi connectivity index (χ4v) is 3.34. The first-order valence-electron chi connectivity index (χ1n) is 6.28. The summed E-state index contributed by atoms with van der Waals surface area (Å²) in [5.74, 6) is 0.758. The van der Waals surface area contributed by atoms with E-state index in [9.17, 15) is 0 Å². The van der Waals surface area contributed by atoms with Crippen LogP contribution in [-0.2, 0) is 13.0 Å². The first-order valence-corrected chi connectivity index (χ1v) is 7.16. The molecule has 1 N–H and O–H groups in total. The maximum absolute atomic E-state index is 8.92. The summed E-state index contributed by atoms with van der Waals surface area (Å²) in [5.41, 5.74) is 2.07. The number of aliphatic hydroxyl groups excluding tert-OH is 1. The van der Waals surface area contributed by atoms with E-state index in [1.165, 1.54) is 10.5 Å². The van der Waals surface area contributed by atoms with E-state index in [4.69, 9.17) is 9.84 Å². The zero-order valence-electron chi connectivity index (χ0n) is 10.5. The van der Waals surface area contributed by atoms with Gasteiger partial charge in [-0.3, -0.25) is 4.98 Å². The van der Waals surface area contributed by atoms with Crippen LogP contribution in [0.1, 0.15) is 11.3 Å².